The van der Waals surface area contributed by atoms with Crippen LogP contribution < -0.4 is 21.2 Å². The molecule has 0 aliphatic heterocycles. The molecule has 0 N–H and O–H groups in total. The molecule has 1 aliphatic carbocycles. The van der Waals surface area contributed by atoms with Crippen molar-refractivity contribution in [1.29, 1.82) is 0 Å². The summed E-state index contributed by atoms with van der Waals surface area (Å²) < 4.78 is 14.0. The first-order valence-electron chi connectivity index (χ1n) is 20.0. The first-order chi connectivity index (χ1) is 28.1. The Bertz CT molecular complexity index is 2070. The molecule has 8 rings (SSSR count). The minimum Gasteiger partial charge on any atom is -0.388 e. The van der Waals surface area contributed by atoms with Gasteiger partial charge in [0.15, 0.2) is 0 Å². The monoisotopic (exact) mass is 778 g/mol. The highest BCUT2D eigenvalue weighted by Crippen LogP contribution is 2.59. The highest BCUT2D eigenvalue weighted by atomic mass is 31.1. The summed E-state index contributed by atoms with van der Waals surface area (Å²) >= 11 is 0. The van der Waals surface area contributed by atoms with Crippen molar-refractivity contribution in [1.82, 2.24) is 0 Å². The van der Waals surface area contributed by atoms with Crippen molar-refractivity contribution in [2.24, 2.45) is 11.8 Å². The topological polar surface area (TPSA) is 18.5 Å². The van der Waals surface area contributed by atoms with E-state index in [1.165, 1.54) is 21.2 Å². The van der Waals surface area contributed by atoms with E-state index >= 15 is 0 Å². The summed E-state index contributed by atoms with van der Waals surface area (Å²) in [5, 5.41) is 5.53. The van der Waals surface area contributed by atoms with Gasteiger partial charge in [0.2, 0.25) is 0 Å². The first kappa shape index (κ1) is 39.2. The number of methoxy groups -OCH3 is 1. The summed E-state index contributed by atoms with van der Waals surface area (Å²) in [6.45, 7) is 0.498. The second-order valence-electron chi connectivity index (χ2n) is 14.9. The van der Waals surface area contributed by atoms with Crippen LogP contribution in [0.2, 0.25) is 0 Å². The van der Waals surface area contributed by atoms with E-state index in [-0.39, 0.29) is 17.5 Å². The number of hydrogen-bond acceptors (Lipinski definition) is 2. The van der Waals surface area contributed by atoms with E-state index in [4.69, 9.17) is 17.3 Å². The molecule has 0 saturated heterocycles. The third-order valence-electron chi connectivity index (χ3n) is 11.8. The Hall–Kier alpha value is -4.62. The van der Waals surface area contributed by atoms with Crippen molar-refractivity contribution < 1.29 is 9.47 Å². The molecule has 2 radical (unpaired) electrons. The number of rotatable bonds is 15. The molecule has 1 saturated carbocycles. The molecular weight excluding hydrogens is 729 g/mol. The third-order valence-corrected chi connectivity index (χ3v) is 17.3. The summed E-state index contributed by atoms with van der Waals surface area (Å²) in [7, 11) is 7.97. The summed E-state index contributed by atoms with van der Waals surface area (Å²) in [4.78, 5) is 0. The van der Waals surface area contributed by atoms with Gasteiger partial charge in [0.25, 0.3) is 0 Å². The largest absolute Gasteiger partial charge is 0.388 e. The Kier molecular flexibility index (Phi) is 12.6. The predicted octanol–water partition coefficient (Wildman–Crippen LogP) is 10.2. The molecule has 7 aromatic carbocycles. The number of ether oxygens (including phenoxy) is 2. The molecule has 0 unspecified atom stereocenters. The quantitative estimate of drug-likeness (QED) is 0.0587. The second-order valence-corrected chi connectivity index (χ2v) is 19.6. The first-order valence-corrected chi connectivity index (χ1v) is 23.0. The van der Waals surface area contributed by atoms with Gasteiger partial charge in [-0.15, -0.1) is 0 Å². The molecule has 57 heavy (non-hydrogen) atoms. The maximum atomic E-state index is 7.65. The molecule has 1 aliphatic rings. The van der Waals surface area contributed by atoms with Gasteiger partial charge >= 0.3 is 0 Å². The molecule has 0 spiro atoms. The van der Waals surface area contributed by atoms with Gasteiger partial charge < -0.3 is 9.47 Å². The molecule has 1 fully saturated rings. The van der Waals surface area contributed by atoms with E-state index < -0.39 is 26.9 Å². The fourth-order valence-corrected chi connectivity index (χ4v) is 15.2. The zero-order valence-corrected chi connectivity index (χ0v) is 34.3. The molecule has 282 valence electrons. The van der Waals surface area contributed by atoms with Crippen molar-refractivity contribution in [2.45, 2.75) is 29.6 Å². The maximum absolute atomic E-state index is 7.65. The van der Waals surface area contributed by atoms with Gasteiger partial charge in [-0.05, 0) is 90.3 Å². The highest BCUT2D eigenvalue weighted by molar-refractivity contribution is 7.74. The van der Waals surface area contributed by atoms with Gasteiger partial charge in [0, 0.05) is 19.2 Å². The van der Waals surface area contributed by atoms with Crippen LogP contribution in [0.4, 0.5) is 0 Å². The lowest BCUT2D eigenvalue weighted by atomic mass is 9.70. The lowest BCUT2D eigenvalue weighted by Crippen LogP contribution is -2.41. The van der Waals surface area contributed by atoms with Crippen LogP contribution in [0.15, 0.2) is 212 Å². The Balaban J connectivity index is 1.24. The Labute approximate surface area is 343 Å². The number of benzene rings is 7. The van der Waals surface area contributed by atoms with E-state index in [1.54, 1.807) is 0 Å². The van der Waals surface area contributed by atoms with Crippen LogP contribution in [0, 0.1) is 11.8 Å². The van der Waals surface area contributed by atoms with Crippen LogP contribution in [0.5, 0.6) is 0 Å². The Morgan fingerprint density at radius 3 is 1.25 bits per heavy atom. The summed E-state index contributed by atoms with van der Waals surface area (Å²) in [5.41, 5.74) is 1.92. The van der Waals surface area contributed by atoms with E-state index in [9.17, 15) is 0 Å². The standard InChI is InChI=1S/C52H49BO2P2/c1-54-51(53)39-50(57(46-33-19-7-20-34-46)47-35-21-8-22-36-47)48(40-56(44-29-15-5-16-30-44)45-31-17-6-18-32-45)49(51)37-38-55-52(41-23-9-2-10-24-41,42-25-11-3-12-26-42)43-27-13-4-14-28-43/h2-36,48-50H,37-40H2,1H3/t48-,49+,50+,51+/m0/s1. The Morgan fingerprint density at radius 1 is 0.526 bits per heavy atom. The minimum absolute atomic E-state index is 0.0300. The second kappa shape index (κ2) is 18.3. The molecule has 0 aromatic heterocycles. The fourth-order valence-electron chi connectivity index (χ4n) is 9.09. The van der Waals surface area contributed by atoms with Crippen LogP contribution in [-0.4, -0.2) is 38.9 Å². The van der Waals surface area contributed by atoms with Crippen LogP contribution >= 0.6 is 15.8 Å². The van der Waals surface area contributed by atoms with Gasteiger partial charge in [0.1, 0.15) is 13.4 Å². The smallest absolute Gasteiger partial charge is 0.143 e. The summed E-state index contributed by atoms with van der Waals surface area (Å²) in [5.74, 6) is 0.276. The average Bonchev–Trinajstić information content (AvgIpc) is 3.56. The van der Waals surface area contributed by atoms with E-state index in [0.717, 1.165) is 35.7 Å². The maximum Gasteiger partial charge on any atom is 0.143 e. The molecule has 4 atom stereocenters. The zero-order chi connectivity index (χ0) is 38.9. The van der Waals surface area contributed by atoms with Gasteiger partial charge in [0.05, 0.1) is 0 Å². The predicted molar refractivity (Wildman–Crippen MR) is 244 cm³/mol. The van der Waals surface area contributed by atoms with Gasteiger partial charge in [-0.1, -0.05) is 212 Å². The lowest BCUT2D eigenvalue weighted by Gasteiger charge is -2.39. The molecule has 5 heteroatoms. The molecule has 7 aromatic rings. The molecule has 0 heterocycles. The van der Waals surface area contributed by atoms with Crippen molar-refractivity contribution in [2.75, 3.05) is 19.9 Å². The van der Waals surface area contributed by atoms with Crippen molar-refractivity contribution in [3.63, 3.8) is 0 Å². The van der Waals surface area contributed by atoms with Crippen LogP contribution in [-0.2, 0) is 15.1 Å². The van der Waals surface area contributed by atoms with Crippen LogP contribution in [0.1, 0.15) is 29.5 Å². The van der Waals surface area contributed by atoms with Crippen molar-refractivity contribution in [3.8, 4) is 0 Å². The van der Waals surface area contributed by atoms with Gasteiger partial charge in [-0.2, -0.15) is 0 Å². The Morgan fingerprint density at radius 2 is 0.877 bits per heavy atom. The average molecular weight is 779 g/mol. The lowest BCUT2D eigenvalue weighted by molar-refractivity contribution is -0.0243. The van der Waals surface area contributed by atoms with Crippen molar-refractivity contribution in [3.05, 3.63) is 229 Å². The summed E-state index contributed by atoms with van der Waals surface area (Å²) in [6, 6.07) is 76.6. The zero-order valence-electron chi connectivity index (χ0n) is 32.6. The molecule has 0 amide bonds. The van der Waals surface area contributed by atoms with E-state index in [1.807, 2.05) is 7.11 Å². The third kappa shape index (κ3) is 8.37. The van der Waals surface area contributed by atoms with Crippen LogP contribution in [0.25, 0.3) is 0 Å². The van der Waals surface area contributed by atoms with Crippen molar-refractivity contribution >= 4 is 44.9 Å². The van der Waals surface area contributed by atoms with Crippen LogP contribution in [0.3, 0.4) is 0 Å². The fraction of sp³-hybridized carbons (Fsp3) is 0.192. The summed E-state index contributed by atoms with van der Waals surface area (Å²) in [6.07, 6.45) is 2.52. The highest BCUT2D eigenvalue weighted by Gasteiger charge is 2.53. The minimum atomic E-state index is -0.841. The molecular formula is C52H49BO2P2. The van der Waals surface area contributed by atoms with Gasteiger partial charge in [-0.25, -0.2) is 0 Å². The normalized spacial score (nSPS) is 19.5. The number of hydrogen-bond donors (Lipinski definition) is 0. The van der Waals surface area contributed by atoms with E-state index in [0.29, 0.717) is 6.61 Å². The molecule has 0 bridgehead atoms. The van der Waals surface area contributed by atoms with Gasteiger partial charge in [-0.3, -0.25) is 0 Å². The SMILES string of the molecule is [B][C@@]1(OC)C[C@@H](P(c2ccccc2)c2ccccc2)[C@@H](CP(c2ccccc2)c2ccccc2)[C@H]1CCOC(c1ccccc1)(c1ccccc1)c1ccccc1. The van der Waals surface area contributed by atoms with E-state index in [2.05, 4.69) is 212 Å². The molecule has 2 nitrogen and oxygen atoms in total.